The minimum absolute atomic E-state index is 0.631. The average molecular weight is 287 g/mol. The minimum Gasteiger partial charge on any atom is -0.348 e. The molecule has 1 N–H and O–H groups in total. The maximum absolute atomic E-state index is 6.00. The zero-order valence-corrected chi connectivity index (χ0v) is 11.6. The number of thiocarbonyl (C=S) groups is 1. The van der Waals surface area contributed by atoms with E-state index in [1.807, 2.05) is 48.5 Å². The zero-order chi connectivity index (χ0) is 13.2. The fraction of sp³-hybridized carbons (Fsp3) is 0.0667. The highest BCUT2D eigenvalue weighted by molar-refractivity contribution is 7.80. The van der Waals surface area contributed by atoms with Crippen molar-refractivity contribution >= 4 is 45.9 Å². The van der Waals surface area contributed by atoms with Crippen LogP contribution < -0.4 is 5.32 Å². The molecule has 0 spiro atoms. The molecule has 0 amide bonds. The van der Waals surface area contributed by atoms with E-state index in [0.717, 1.165) is 27.6 Å². The minimum atomic E-state index is 0.631. The first-order valence-corrected chi connectivity index (χ1v) is 6.73. The number of halogens is 1. The van der Waals surface area contributed by atoms with Gasteiger partial charge in [-0.15, -0.1) is 0 Å². The maximum atomic E-state index is 6.00. The third-order valence-corrected chi connectivity index (χ3v) is 3.40. The molecule has 19 heavy (non-hydrogen) atoms. The average Bonchev–Trinajstić information content (AvgIpc) is 2.57. The molecular weight excluding hydrogens is 276 g/mol. The van der Waals surface area contributed by atoms with Crippen molar-refractivity contribution in [1.82, 2.24) is 0 Å². The van der Waals surface area contributed by atoms with Crippen LogP contribution in [0.4, 0.5) is 11.4 Å². The molecule has 1 heterocycles. The van der Waals surface area contributed by atoms with Crippen LogP contribution in [0.3, 0.4) is 0 Å². The molecule has 0 saturated heterocycles. The lowest BCUT2D eigenvalue weighted by atomic mass is 10.1. The molecule has 1 aliphatic heterocycles. The lowest BCUT2D eigenvalue weighted by molar-refractivity contribution is 1.46. The molecule has 2 aromatic carbocycles. The van der Waals surface area contributed by atoms with Crippen LogP contribution in [-0.2, 0) is 0 Å². The fourth-order valence-electron chi connectivity index (χ4n) is 2.03. The zero-order valence-electron chi connectivity index (χ0n) is 10.1. The van der Waals surface area contributed by atoms with Crippen LogP contribution in [0.1, 0.15) is 12.0 Å². The number of hydrogen-bond donors (Lipinski definition) is 1. The van der Waals surface area contributed by atoms with E-state index in [2.05, 4.69) is 5.32 Å². The molecule has 0 bridgehead atoms. The van der Waals surface area contributed by atoms with E-state index < -0.39 is 0 Å². The Morgan fingerprint density at radius 3 is 2.68 bits per heavy atom. The van der Waals surface area contributed by atoms with Crippen molar-refractivity contribution < 1.29 is 0 Å². The Bertz CT molecular complexity index is 665. The highest BCUT2D eigenvalue weighted by atomic mass is 35.5. The molecular formula is C15H11ClN2S. The van der Waals surface area contributed by atoms with E-state index in [1.54, 1.807) is 0 Å². The van der Waals surface area contributed by atoms with Crippen LogP contribution in [0.5, 0.6) is 0 Å². The number of fused-ring (bicyclic) bond motifs is 1. The third kappa shape index (κ3) is 2.67. The smallest absolute Gasteiger partial charge is 0.0869 e. The Balaban J connectivity index is 2.11. The summed E-state index contributed by atoms with van der Waals surface area (Å²) in [6.07, 6.45) is 0.631. The second-order valence-corrected chi connectivity index (χ2v) is 5.24. The molecule has 1 aliphatic rings. The van der Waals surface area contributed by atoms with Gasteiger partial charge in [0.25, 0.3) is 0 Å². The van der Waals surface area contributed by atoms with Crippen LogP contribution in [0, 0.1) is 0 Å². The number of benzene rings is 2. The molecule has 2 nitrogen and oxygen atoms in total. The van der Waals surface area contributed by atoms with Crippen LogP contribution in [0.15, 0.2) is 53.5 Å². The lowest BCUT2D eigenvalue weighted by Gasteiger charge is -2.06. The second-order valence-electron chi connectivity index (χ2n) is 4.31. The van der Waals surface area contributed by atoms with Gasteiger partial charge < -0.3 is 5.32 Å². The standard InChI is InChI=1S/C15H11ClN2S/c16-11-6-7-12-14(8-11)18-15(19)9-13(17-12)10-4-2-1-3-5-10/h1-8H,9H2,(H,18,19). The third-order valence-electron chi connectivity index (χ3n) is 2.92. The van der Waals surface area contributed by atoms with E-state index in [1.165, 1.54) is 0 Å². The molecule has 4 heteroatoms. The van der Waals surface area contributed by atoms with Gasteiger partial charge in [0.05, 0.1) is 22.1 Å². The van der Waals surface area contributed by atoms with Gasteiger partial charge >= 0.3 is 0 Å². The largest absolute Gasteiger partial charge is 0.348 e. The normalized spacial score (nSPS) is 14.2. The number of aliphatic imine (C=N–C) groups is 1. The highest BCUT2D eigenvalue weighted by Crippen LogP contribution is 2.31. The van der Waals surface area contributed by atoms with E-state index in [9.17, 15) is 0 Å². The summed E-state index contributed by atoms with van der Waals surface area (Å²) in [6.45, 7) is 0. The van der Waals surface area contributed by atoms with Crippen LogP contribution in [0.25, 0.3) is 0 Å². The Morgan fingerprint density at radius 2 is 1.89 bits per heavy atom. The second kappa shape index (κ2) is 5.11. The first kappa shape index (κ1) is 12.3. The van der Waals surface area contributed by atoms with Gasteiger partial charge in [-0.2, -0.15) is 0 Å². The molecule has 2 aromatic rings. The summed E-state index contributed by atoms with van der Waals surface area (Å²) < 4.78 is 0. The summed E-state index contributed by atoms with van der Waals surface area (Å²) in [4.78, 5) is 5.46. The Labute approximate surface area is 122 Å². The van der Waals surface area contributed by atoms with Gasteiger partial charge in [0.1, 0.15) is 0 Å². The molecule has 0 aliphatic carbocycles. The van der Waals surface area contributed by atoms with Crippen molar-refractivity contribution in [2.24, 2.45) is 4.99 Å². The first-order valence-electron chi connectivity index (χ1n) is 5.95. The van der Waals surface area contributed by atoms with Gasteiger partial charge in [-0.05, 0) is 23.8 Å². The number of hydrogen-bond acceptors (Lipinski definition) is 2. The molecule has 0 atom stereocenters. The van der Waals surface area contributed by atoms with Crippen molar-refractivity contribution in [2.45, 2.75) is 6.42 Å². The molecule has 0 saturated carbocycles. The molecule has 0 fully saturated rings. The van der Waals surface area contributed by atoms with Gasteiger partial charge in [-0.25, -0.2) is 0 Å². The number of nitrogens with zero attached hydrogens (tertiary/aromatic N) is 1. The Hall–Kier alpha value is -1.71. The summed E-state index contributed by atoms with van der Waals surface area (Å²) in [6, 6.07) is 15.7. The van der Waals surface area contributed by atoms with Gasteiger partial charge in [0, 0.05) is 11.4 Å². The topological polar surface area (TPSA) is 24.4 Å². The fourth-order valence-corrected chi connectivity index (χ4v) is 2.45. The van der Waals surface area contributed by atoms with E-state index in [4.69, 9.17) is 28.8 Å². The molecule has 0 unspecified atom stereocenters. The van der Waals surface area contributed by atoms with Crippen molar-refractivity contribution in [3.63, 3.8) is 0 Å². The van der Waals surface area contributed by atoms with Crippen LogP contribution >= 0.6 is 23.8 Å². The molecule has 0 aromatic heterocycles. The van der Waals surface area contributed by atoms with Gasteiger partial charge in [0.2, 0.25) is 0 Å². The van der Waals surface area contributed by atoms with Crippen molar-refractivity contribution in [1.29, 1.82) is 0 Å². The summed E-state index contributed by atoms with van der Waals surface area (Å²) in [5.74, 6) is 0. The van der Waals surface area contributed by atoms with Gasteiger partial charge in [-0.3, -0.25) is 4.99 Å². The van der Waals surface area contributed by atoms with E-state index in [0.29, 0.717) is 11.4 Å². The number of anilines is 1. The van der Waals surface area contributed by atoms with Gasteiger partial charge in [0.15, 0.2) is 0 Å². The van der Waals surface area contributed by atoms with E-state index >= 15 is 0 Å². The van der Waals surface area contributed by atoms with Crippen LogP contribution in [0.2, 0.25) is 5.02 Å². The Morgan fingerprint density at radius 1 is 1.11 bits per heavy atom. The Kier molecular flexibility index (Phi) is 3.32. The monoisotopic (exact) mass is 286 g/mol. The summed E-state index contributed by atoms with van der Waals surface area (Å²) in [5, 5.41) is 3.87. The van der Waals surface area contributed by atoms with Crippen molar-refractivity contribution in [2.75, 3.05) is 5.32 Å². The highest BCUT2D eigenvalue weighted by Gasteiger charge is 2.14. The van der Waals surface area contributed by atoms with Gasteiger partial charge in [-0.1, -0.05) is 54.2 Å². The van der Waals surface area contributed by atoms with Crippen molar-refractivity contribution in [3.8, 4) is 0 Å². The molecule has 94 valence electrons. The quantitative estimate of drug-likeness (QED) is 0.775. The summed E-state index contributed by atoms with van der Waals surface area (Å²) >= 11 is 11.4. The molecule has 0 radical (unpaired) electrons. The summed E-state index contributed by atoms with van der Waals surface area (Å²) in [5.41, 5.74) is 3.79. The number of rotatable bonds is 1. The number of nitrogens with one attached hydrogen (secondary N) is 1. The predicted octanol–water partition coefficient (Wildman–Crippen LogP) is 4.60. The van der Waals surface area contributed by atoms with Crippen molar-refractivity contribution in [3.05, 3.63) is 59.1 Å². The summed E-state index contributed by atoms with van der Waals surface area (Å²) in [7, 11) is 0. The lowest BCUT2D eigenvalue weighted by Crippen LogP contribution is -2.12. The SMILES string of the molecule is S=C1CC(c2ccccc2)=Nc2ccc(Cl)cc2N1. The predicted molar refractivity (Wildman–Crippen MR) is 84.9 cm³/mol. The first-order chi connectivity index (χ1) is 9.22. The van der Waals surface area contributed by atoms with E-state index in [-0.39, 0.29) is 0 Å². The maximum Gasteiger partial charge on any atom is 0.0869 e. The van der Waals surface area contributed by atoms with Crippen LogP contribution in [-0.4, -0.2) is 10.7 Å². The molecule has 3 rings (SSSR count).